The third kappa shape index (κ3) is 2.62. The summed E-state index contributed by atoms with van der Waals surface area (Å²) in [5, 5.41) is 35.0. The number of carboxylic acids is 1. The second kappa shape index (κ2) is 4.02. The van der Waals surface area contributed by atoms with Crippen molar-refractivity contribution in [1.29, 1.82) is 0 Å². The van der Waals surface area contributed by atoms with Gasteiger partial charge in [-0.25, -0.2) is 0 Å². The fraction of sp³-hybridized carbons (Fsp3) is 0.600. The predicted octanol–water partition coefficient (Wildman–Crippen LogP) is -3.98. The summed E-state index contributed by atoms with van der Waals surface area (Å²) < 4.78 is 0. The number of hydrogen-bond donors (Lipinski definition) is 3. The van der Waals surface area contributed by atoms with E-state index >= 15 is 0 Å². The number of aliphatic hydroxyl groups excluding tert-OH is 3. The van der Waals surface area contributed by atoms with Crippen LogP contribution in [0.5, 0.6) is 0 Å². The molecule has 6 heteroatoms. The second-order valence-corrected chi connectivity index (χ2v) is 1.85. The molecule has 0 radical (unpaired) electrons. The van der Waals surface area contributed by atoms with Gasteiger partial charge < -0.3 is 25.2 Å². The Labute approximate surface area is 61.7 Å². The molecule has 0 fully saturated rings. The van der Waals surface area contributed by atoms with Crippen molar-refractivity contribution in [2.24, 2.45) is 0 Å². The van der Waals surface area contributed by atoms with Gasteiger partial charge in [-0.15, -0.1) is 0 Å². The molecule has 64 valence electrons. The number of aliphatic hydroxyl groups is 3. The van der Waals surface area contributed by atoms with Crippen LogP contribution >= 0.6 is 0 Å². The van der Waals surface area contributed by atoms with Crippen LogP contribution in [-0.2, 0) is 9.59 Å². The largest absolute Gasteiger partial charge is 0.542 e. The minimum atomic E-state index is -2.12. The zero-order chi connectivity index (χ0) is 9.02. The van der Waals surface area contributed by atoms with Gasteiger partial charge in [-0.05, 0) is 0 Å². The van der Waals surface area contributed by atoms with Crippen LogP contribution in [0.1, 0.15) is 0 Å². The van der Waals surface area contributed by atoms with Gasteiger partial charge in [0.1, 0.15) is 18.2 Å². The van der Waals surface area contributed by atoms with Gasteiger partial charge in [0.25, 0.3) is 0 Å². The molecule has 0 amide bonds. The molecule has 2 atom stereocenters. The van der Waals surface area contributed by atoms with Gasteiger partial charge in [-0.1, -0.05) is 0 Å². The first-order valence-corrected chi connectivity index (χ1v) is 2.73. The first kappa shape index (κ1) is 10.0. The fourth-order valence-electron chi connectivity index (χ4n) is 0.395. The van der Waals surface area contributed by atoms with E-state index in [1.54, 1.807) is 0 Å². The lowest BCUT2D eigenvalue weighted by Gasteiger charge is -2.13. The molecule has 0 aromatic carbocycles. The molecule has 0 bridgehead atoms. The SMILES string of the molecule is O=C([O-])C(=O)[C@@H](O)[C@H](O)CO. The number of aliphatic carboxylic acids is 1. The number of carbonyl (C=O) groups is 2. The number of carbonyl (C=O) groups excluding carboxylic acids is 2. The van der Waals surface area contributed by atoms with E-state index in [4.69, 9.17) is 15.3 Å². The summed E-state index contributed by atoms with van der Waals surface area (Å²) in [6.45, 7) is -0.889. The van der Waals surface area contributed by atoms with Crippen LogP contribution in [0.3, 0.4) is 0 Å². The molecular weight excluding hydrogens is 156 g/mol. The predicted molar refractivity (Wildman–Crippen MR) is 29.1 cm³/mol. The van der Waals surface area contributed by atoms with Gasteiger partial charge in [0.15, 0.2) is 0 Å². The third-order valence-corrected chi connectivity index (χ3v) is 1.02. The summed E-state index contributed by atoms with van der Waals surface area (Å²) in [6.07, 6.45) is -3.90. The lowest BCUT2D eigenvalue weighted by Crippen LogP contribution is -2.45. The number of rotatable bonds is 4. The van der Waals surface area contributed by atoms with Crippen LogP contribution in [0.15, 0.2) is 0 Å². The van der Waals surface area contributed by atoms with Gasteiger partial charge >= 0.3 is 0 Å². The summed E-state index contributed by atoms with van der Waals surface area (Å²) in [5.74, 6) is -3.74. The van der Waals surface area contributed by atoms with E-state index in [0.717, 1.165) is 0 Å². The van der Waals surface area contributed by atoms with Crippen LogP contribution in [0.2, 0.25) is 0 Å². The Morgan fingerprint density at radius 1 is 1.36 bits per heavy atom. The molecule has 6 nitrogen and oxygen atoms in total. The average molecular weight is 163 g/mol. The lowest BCUT2D eigenvalue weighted by molar-refractivity contribution is -0.301. The van der Waals surface area contributed by atoms with Crippen molar-refractivity contribution in [3.63, 3.8) is 0 Å². The topological polar surface area (TPSA) is 118 Å². The van der Waals surface area contributed by atoms with Crippen molar-refractivity contribution in [1.82, 2.24) is 0 Å². The number of hydrogen-bond acceptors (Lipinski definition) is 6. The Morgan fingerprint density at radius 3 is 2.09 bits per heavy atom. The summed E-state index contributed by atoms with van der Waals surface area (Å²) in [7, 11) is 0. The van der Waals surface area contributed by atoms with E-state index in [-0.39, 0.29) is 0 Å². The maximum Gasteiger partial charge on any atom is 0.209 e. The van der Waals surface area contributed by atoms with Gasteiger partial charge in [0, 0.05) is 0 Å². The molecule has 3 N–H and O–H groups in total. The zero-order valence-electron chi connectivity index (χ0n) is 5.43. The monoisotopic (exact) mass is 163 g/mol. The highest BCUT2D eigenvalue weighted by Crippen LogP contribution is 1.92. The van der Waals surface area contributed by atoms with E-state index < -0.39 is 30.6 Å². The van der Waals surface area contributed by atoms with Gasteiger partial charge in [-0.3, -0.25) is 4.79 Å². The Bertz CT molecular complexity index is 164. The molecule has 0 aromatic heterocycles. The number of ketones is 1. The smallest absolute Gasteiger partial charge is 0.209 e. The van der Waals surface area contributed by atoms with E-state index in [2.05, 4.69) is 0 Å². The van der Waals surface area contributed by atoms with E-state index in [1.807, 2.05) is 0 Å². The fourth-order valence-corrected chi connectivity index (χ4v) is 0.395. The minimum absolute atomic E-state index is 0.889. The second-order valence-electron chi connectivity index (χ2n) is 1.85. The van der Waals surface area contributed by atoms with Crippen molar-refractivity contribution in [2.45, 2.75) is 12.2 Å². The van der Waals surface area contributed by atoms with Gasteiger partial charge in [-0.2, -0.15) is 0 Å². The maximum absolute atomic E-state index is 10.3. The van der Waals surface area contributed by atoms with Crippen molar-refractivity contribution in [3.05, 3.63) is 0 Å². The number of Topliss-reactive ketones (excluding diaryl/α,β-unsaturated/α-hetero) is 1. The normalized spacial score (nSPS) is 15.5. The van der Waals surface area contributed by atoms with Crippen molar-refractivity contribution < 1.29 is 30.0 Å². The summed E-state index contributed by atoms with van der Waals surface area (Å²) in [5.41, 5.74) is 0. The van der Waals surface area contributed by atoms with Crippen LogP contribution in [0, 0.1) is 0 Å². The van der Waals surface area contributed by atoms with E-state index in [0.29, 0.717) is 0 Å². The first-order chi connectivity index (χ1) is 5.00. The van der Waals surface area contributed by atoms with Crippen molar-refractivity contribution in [3.8, 4) is 0 Å². The standard InChI is InChI=1S/C5H8O6/c6-1-2(7)3(8)4(9)5(10)11/h2-3,6-8H,1H2,(H,10,11)/p-1/t2-,3+/m1/s1. The Balaban J connectivity index is 4.13. The van der Waals surface area contributed by atoms with Crippen LogP contribution < -0.4 is 5.11 Å². The highest BCUT2D eigenvalue weighted by molar-refractivity contribution is 6.33. The molecule has 0 rings (SSSR count). The first-order valence-electron chi connectivity index (χ1n) is 2.73. The van der Waals surface area contributed by atoms with Crippen molar-refractivity contribution >= 4 is 11.8 Å². The Hall–Kier alpha value is -0.980. The van der Waals surface area contributed by atoms with Gasteiger partial charge in [0.05, 0.1) is 6.61 Å². The van der Waals surface area contributed by atoms with Crippen LogP contribution in [0.4, 0.5) is 0 Å². The van der Waals surface area contributed by atoms with Gasteiger partial charge in [0.2, 0.25) is 5.78 Å². The summed E-state index contributed by atoms with van der Waals surface area (Å²) >= 11 is 0. The lowest BCUT2D eigenvalue weighted by atomic mass is 10.1. The third-order valence-electron chi connectivity index (χ3n) is 1.02. The molecule has 0 saturated carbocycles. The quantitative estimate of drug-likeness (QED) is 0.364. The highest BCUT2D eigenvalue weighted by Gasteiger charge is 2.23. The zero-order valence-corrected chi connectivity index (χ0v) is 5.43. The van der Waals surface area contributed by atoms with Crippen molar-refractivity contribution in [2.75, 3.05) is 6.61 Å². The van der Waals surface area contributed by atoms with E-state index in [1.165, 1.54) is 0 Å². The summed E-state index contributed by atoms with van der Waals surface area (Å²) in [4.78, 5) is 20.0. The number of carboxylic acid groups (broad SMARTS) is 1. The molecule has 0 saturated heterocycles. The molecule has 0 aliphatic heterocycles. The molecule has 0 spiro atoms. The molecule has 0 heterocycles. The highest BCUT2D eigenvalue weighted by atomic mass is 16.4. The molecule has 0 unspecified atom stereocenters. The average Bonchev–Trinajstić information content (AvgIpc) is 2.00. The Morgan fingerprint density at radius 2 is 1.82 bits per heavy atom. The van der Waals surface area contributed by atoms with Crippen LogP contribution in [0.25, 0.3) is 0 Å². The minimum Gasteiger partial charge on any atom is -0.542 e. The molecule has 0 aliphatic carbocycles. The summed E-state index contributed by atoms with van der Waals surface area (Å²) in [6, 6.07) is 0. The maximum atomic E-state index is 10.3. The Kier molecular flexibility index (Phi) is 3.66. The molecule has 11 heavy (non-hydrogen) atoms. The molecule has 0 aliphatic rings. The van der Waals surface area contributed by atoms with E-state index in [9.17, 15) is 14.7 Å². The molecule has 0 aromatic rings. The molecular formula is C5H7O6-. The van der Waals surface area contributed by atoms with Crippen LogP contribution in [-0.4, -0.2) is 45.9 Å².